The average Bonchev–Trinajstić information content (AvgIpc) is 2.47. The molecule has 0 atom stereocenters. The SMILES string of the molecule is C[S+](C)Cc1ccc(S(=O)(=O)Oc2ccc([N+](=O)[O-])cc2)cc1. The molecular weight excluding hydrogens is 338 g/mol. The van der Waals surface area contributed by atoms with Crippen molar-refractivity contribution in [3.63, 3.8) is 0 Å². The molecule has 2 rings (SSSR count). The summed E-state index contributed by atoms with van der Waals surface area (Å²) < 4.78 is 29.4. The molecule has 0 aliphatic heterocycles. The molecule has 0 aliphatic carbocycles. The lowest BCUT2D eigenvalue weighted by Gasteiger charge is -2.07. The number of benzene rings is 2. The average molecular weight is 354 g/mol. The fourth-order valence-electron chi connectivity index (χ4n) is 1.88. The lowest BCUT2D eigenvalue weighted by atomic mass is 10.2. The number of nitro groups is 1. The van der Waals surface area contributed by atoms with E-state index in [0.717, 1.165) is 11.3 Å². The van der Waals surface area contributed by atoms with Crippen LogP contribution in [-0.2, 0) is 26.8 Å². The van der Waals surface area contributed by atoms with E-state index in [0.29, 0.717) is 0 Å². The quantitative estimate of drug-likeness (QED) is 0.344. The van der Waals surface area contributed by atoms with Crippen molar-refractivity contribution in [1.82, 2.24) is 0 Å². The molecule has 0 N–H and O–H groups in total. The first-order valence-corrected chi connectivity index (χ1v) is 10.2. The molecule has 0 unspecified atom stereocenters. The first kappa shape index (κ1) is 17.3. The fraction of sp³-hybridized carbons (Fsp3) is 0.200. The van der Waals surface area contributed by atoms with Crippen molar-refractivity contribution in [2.45, 2.75) is 10.6 Å². The molecule has 0 aliphatic rings. The highest BCUT2D eigenvalue weighted by molar-refractivity contribution is 7.94. The van der Waals surface area contributed by atoms with Gasteiger partial charge in [0.25, 0.3) is 5.69 Å². The second-order valence-corrected chi connectivity index (χ2v) is 8.87. The molecule has 0 bridgehead atoms. The first-order valence-electron chi connectivity index (χ1n) is 6.60. The summed E-state index contributed by atoms with van der Waals surface area (Å²) in [5.74, 6) is 0.923. The van der Waals surface area contributed by atoms with Crippen molar-refractivity contribution >= 4 is 26.7 Å². The topological polar surface area (TPSA) is 86.5 Å². The Hall–Kier alpha value is -2.06. The number of nitro benzene ring substituents is 1. The molecular formula is C15H16NO5S2+. The lowest BCUT2D eigenvalue weighted by Crippen LogP contribution is -2.10. The van der Waals surface area contributed by atoms with E-state index in [2.05, 4.69) is 12.5 Å². The van der Waals surface area contributed by atoms with Crippen LogP contribution in [0.25, 0.3) is 0 Å². The van der Waals surface area contributed by atoms with Crippen LogP contribution in [0.5, 0.6) is 5.75 Å². The van der Waals surface area contributed by atoms with Gasteiger partial charge < -0.3 is 4.18 Å². The molecule has 23 heavy (non-hydrogen) atoms. The van der Waals surface area contributed by atoms with Gasteiger partial charge in [-0.25, -0.2) is 0 Å². The molecule has 6 nitrogen and oxygen atoms in total. The van der Waals surface area contributed by atoms with Gasteiger partial charge in [-0.1, -0.05) is 12.1 Å². The maximum Gasteiger partial charge on any atom is 0.339 e. The highest BCUT2D eigenvalue weighted by Gasteiger charge is 2.18. The lowest BCUT2D eigenvalue weighted by molar-refractivity contribution is -0.384. The summed E-state index contributed by atoms with van der Waals surface area (Å²) in [6.45, 7) is 0. The smallest absolute Gasteiger partial charge is 0.339 e. The predicted molar refractivity (Wildman–Crippen MR) is 90.3 cm³/mol. The number of hydrogen-bond acceptors (Lipinski definition) is 5. The van der Waals surface area contributed by atoms with Crippen LogP contribution in [0.4, 0.5) is 5.69 Å². The number of hydrogen-bond donors (Lipinski definition) is 0. The zero-order chi connectivity index (χ0) is 17.0. The van der Waals surface area contributed by atoms with Crippen LogP contribution in [0, 0.1) is 10.1 Å². The Bertz CT molecular complexity index is 784. The molecule has 0 saturated carbocycles. The van der Waals surface area contributed by atoms with Gasteiger partial charge in [-0.2, -0.15) is 8.42 Å². The molecule has 8 heteroatoms. The van der Waals surface area contributed by atoms with Crippen LogP contribution >= 0.6 is 0 Å². The Labute approximate surface area is 137 Å². The normalized spacial score (nSPS) is 11.4. The first-order chi connectivity index (χ1) is 10.8. The van der Waals surface area contributed by atoms with E-state index in [-0.39, 0.29) is 27.2 Å². The Morgan fingerprint density at radius 2 is 1.61 bits per heavy atom. The van der Waals surface area contributed by atoms with Gasteiger partial charge in [0.2, 0.25) is 0 Å². The summed E-state index contributed by atoms with van der Waals surface area (Å²) in [6, 6.07) is 11.4. The van der Waals surface area contributed by atoms with Gasteiger partial charge in [-0.05, 0) is 35.2 Å². The van der Waals surface area contributed by atoms with Crippen LogP contribution in [0.15, 0.2) is 53.4 Å². The molecule has 2 aromatic rings. The van der Waals surface area contributed by atoms with Gasteiger partial charge in [0.1, 0.15) is 16.4 Å². The zero-order valence-electron chi connectivity index (χ0n) is 12.6. The Balaban J connectivity index is 2.16. The third kappa shape index (κ3) is 4.70. The molecule has 0 fully saturated rings. The van der Waals surface area contributed by atoms with Gasteiger partial charge >= 0.3 is 10.1 Å². The molecule has 0 amide bonds. The van der Waals surface area contributed by atoms with Crippen LogP contribution in [0.1, 0.15) is 5.56 Å². The monoisotopic (exact) mass is 354 g/mol. The van der Waals surface area contributed by atoms with Crippen molar-refractivity contribution in [1.29, 1.82) is 0 Å². The fourth-order valence-corrected chi connectivity index (χ4v) is 3.67. The van der Waals surface area contributed by atoms with Crippen LogP contribution < -0.4 is 4.18 Å². The summed E-state index contributed by atoms with van der Waals surface area (Å²) >= 11 is 0. The van der Waals surface area contributed by atoms with Crippen molar-refractivity contribution in [3.8, 4) is 5.75 Å². The largest absolute Gasteiger partial charge is 0.379 e. The number of non-ortho nitro benzene ring substituents is 1. The highest BCUT2D eigenvalue weighted by atomic mass is 32.2. The Morgan fingerprint density at radius 3 is 2.09 bits per heavy atom. The van der Waals surface area contributed by atoms with E-state index in [9.17, 15) is 18.5 Å². The highest BCUT2D eigenvalue weighted by Crippen LogP contribution is 2.22. The third-order valence-corrected chi connectivity index (χ3v) is 5.09. The van der Waals surface area contributed by atoms with E-state index in [4.69, 9.17) is 4.18 Å². The van der Waals surface area contributed by atoms with Crippen molar-refractivity contribution in [2.75, 3.05) is 12.5 Å². The maximum atomic E-state index is 12.2. The summed E-state index contributed by atoms with van der Waals surface area (Å²) in [5.41, 5.74) is 0.932. The molecule has 0 spiro atoms. The van der Waals surface area contributed by atoms with Crippen molar-refractivity contribution in [3.05, 3.63) is 64.2 Å². The molecule has 122 valence electrons. The van der Waals surface area contributed by atoms with E-state index < -0.39 is 15.0 Å². The predicted octanol–water partition coefficient (Wildman–Crippen LogP) is 2.74. The molecule has 0 aromatic heterocycles. The van der Waals surface area contributed by atoms with Crippen LogP contribution in [0.3, 0.4) is 0 Å². The minimum absolute atomic E-state index is 0.0309. The zero-order valence-corrected chi connectivity index (χ0v) is 14.3. The van der Waals surface area contributed by atoms with Crippen molar-refractivity contribution in [2.24, 2.45) is 0 Å². The van der Waals surface area contributed by atoms with Crippen LogP contribution in [-0.4, -0.2) is 25.9 Å². The Morgan fingerprint density at radius 1 is 1.04 bits per heavy atom. The second-order valence-electron chi connectivity index (χ2n) is 5.06. The Kier molecular flexibility index (Phi) is 5.27. The minimum Gasteiger partial charge on any atom is -0.379 e. The number of rotatable bonds is 6. The summed E-state index contributed by atoms with van der Waals surface area (Å²) in [4.78, 5) is 10.1. The van der Waals surface area contributed by atoms with E-state index in [1.54, 1.807) is 12.1 Å². The van der Waals surface area contributed by atoms with Gasteiger partial charge in [-0.3, -0.25) is 10.1 Å². The second kappa shape index (κ2) is 7.01. The molecule has 0 saturated heterocycles. The standard InChI is InChI=1S/C15H16NO5S2/c1-22(2)11-12-3-9-15(10-4-12)23(19,20)21-14-7-5-13(6-8-14)16(17)18/h3-10H,11H2,1-2H3/q+1. The van der Waals surface area contributed by atoms with Gasteiger partial charge in [0.15, 0.2) is 0 Å². The number of nitrogens with zero attached hydrogens (tertiary/aromatic N) is 1. The van der Waals surface area contributed by atoms with Gasteiger partial charge in [0, 0.05) is 17.7 Å². The summed E-state index contributed by atoms with van der Waals surface area (Å²) in [7, 11) is -3.73. The molecule has 0 heterocycles. The van der Waals surface area contributed by atoms with Gasteiger partial charge in [-0.15, -0.1) is 0 Å². The molecule has 0 radical (unpaired) electrons. The summed E-state index contributed by atoms with van der Waals surface area (Å²) in [6.07, 6.45) is 4.23. The van der Waals surface area contributed by atoms with Crippen molar-refractivity contribution < 1.29 is 17.5 Å². The van der Waals surface area contributed by atoms with E-state index >= 15 is 0 Å². The minimum atomic E-state index is -3.96. The van der Waals surface area contributed by atoms with Gasteiger partial charge in [0.05, 0.1) is 17.4 Å². The van der Waals surface area contributed by atoms with Crippen LogP contribution in [0.2, 0.25) is 0 Å². The maximum absolute atomic E-state index is 12.2. The third-order valence-electron chi connectivity index (χ3n) is 2.92. The molecule has 2 aromatic carbocycles. The van der Waals surface area contributed by atoms with E-state index in [1.807, 2.05) is 0 Å². The summed E-state index contributed by atoms with van der Waals surface area (Å²) in [5, 5.41) is 10.6. The van der Waals surface area contributed by atoms with E-state index in [1.165, 1.54) is 36.4 Å².